The first-order valence-corrected chi connectivity index (χ1v) is 13.5. The van der Waals surface area contributed by atoms with Crippen molar-refractivity contribution in [1.29, 1.82) is 0 Å². The molecular weight excluding hydrogens is 500 g/mol. The van der Waals surface area contributed by atoms with Crippen molar-refractivity contribution in [3.05, 3.63) is 53.6 Å². The molecule has 1 saturated heterocycles. The maximum atomic E-state index is 12.9. The number of nitrogens with zero attached hydrogens (tertiary/aromatic N) is 3. The Morgan fingerprint density at radius 3 is 2.54 bits per heavy atom. The van der Waals surface area contributed by atoms with E-state index in [-0.39, 0.29) is 30.9 Å². The molecule has 1 fully saturated rings. The summed E-state index contributed by atoms with van der Waals surface area (Å²) in [7, 11) is 3.05. The number of piperazine rings is 1. The van der Waals surface area contributed by atoms with Crippen molar-refractivity contribution in [3.8, 4) is 17.2 Å². The van der Waals surface area contributed by atoms with Gasteiger partial charge in [0.05, 0.1) is 27.0 Å². The molecule has 2 amide bonds. The molecule has 10 nitrogen and oxygen atoms in total. The average molecular weight is 539 g/mol. The molecule has 5 rings (SSSR count). The van der Waals surface area contributed by atoms with Crippen LogP contribution in [0.3, 0.4) is 0 Å². The number of benzene rings is 2. The van der Waals surface area contributed by atoms with Crippen LogP contribution in [-0.4, -0.2) is 94.0 Å². The third-order valence-corrected chi connectivity index (χ3v) is 6.96. The summed E-state index contributed by atoms with van der Waals surface area (Å²) in [5.41, 5.74) is 1.35. The van der Waals surface area contributed by atoms with Gasteiger partial charge in [0.1, 0.15) is 6.10 Å². The fourth-order valence-corrected chi connectivity index (χ4v) is 4.72. The first-order valence-electron chi connectivity index (χ1n) is 13.5. The molecule has 2 aromatic carbocycles. The summed E-state index contributed by atoms with van der Waals surface area (Å²) >= 11 is 0. The Labute approximate surface area is 229 Å². The lowest BCUT2D eigenvalue weighted by atomic mass is 10.1. The van der Waals surface area contributed by atoms with Gasteiger partial charge in [0.25, 0.3) is 5.91 Å². The van der Waals surface area contributed by atoms with Crippen molar-refractivity contribution in [2.75, 3.05) is 60.1 Å². The molecule has 3 aliphatic rings. The van der Waals surface area contributed by atoms with Crippen molar-refractivity contribution < 1.29 is 28.6 Å². The molecule has 0 radical (unpaired) electrons. The second-order valence-corrected chi connectivity index (χ2v) is 9.59. The van der Waals surface area contributed by atoms with Crippen LogP contribution in [0.5, 0.6) is 17.2 Å². The normalized spacial score (nSPS) is 21.3. The molecular formula is C29H38N4O6. The number of hydrogen-bond donors (Lipinski definition) is 1. The maximum absolute atomic E-state index is 12.9. The van der Waals surface area contributed by atoms with Crippen LogP contribution in [0.4, 0.5) is 0 Å². The first-order chi connectivity index (χ1) is 19.1. The minimum atomic E-state index is -0.305. The Bertz CT molecular complexity index is 1120. The Balaban J connectivity index is 1.49. The highest BCUT2D eigenvalue weighted by molar-refractivity contribution is 5.95. The summed E-state index contributed by atoms with van der Waals surface area (Å²) < 4.78 is 17.0. The van der Waals surface area contributed by atoms with Crippen molar-refractivity contribution >= 4 is 18.0 Å². The monoisotopic (exact) mass is 538 g/mol. The van der Waals surface area contributed by atoms with Gasteiger partial charge in [-0.3, -0.25) is 14.5 Å². The third kappa shape index (κ3) is 8.10. The molecule has 2 aromatic rings. The van der Waals surface area contributed by atoms with E-state index in [4.69, 9.17) is 19.0 Å². The van der Waals surface area contributed by atoms with E-state index in [9.17, 15) is 9.59 Å². The second-order valence-electron chi connectivity index (χ2n) is 9.59. The first kappa shape index (κ1) is 28.2. The predicted molar refractivity (Wildman–Crippen MR) is 148 cm³/mol. The zero-order valence-electron chi connectivity index (χ0n) is 22.8. The van der Waals surface area contributed by atoms with Gasteiger partial charge in [-0.1, -0.05) is 35.5 Å². The third-order valence-electron chi connectivity index (χ3n) is 6.96. The standard InChI is InChI=1S/C29H38N4O6/c1-36-25-19-23-20-26(28(25)37-2)38-18-6-9-24(39-31-21-22-7-4-3-5-8-22)11-13-32-14-16-33(17-15-32)27(34)10-12-30-29(23)35/h3-5,7-8,19-21,24H,6,9-18H2,1-2H3,(H,30,35)/b31-21+. The molecule has 210 valence electrons. The summed E-state index contributed by atoms with van der Waals surface area (Å²) in [5, 5.41) is 7.10. The summed E-state index contributed by atoms with van der Waals surface area (Å²) in [5.74, 6) is 0.982. The van der Waals surface area contributed by atoms with Gasteiger partial charge in [-0.05, 0) is 37.0 Å². The zero-order chi connectivity index (χ0) is 27.5. The quantitative estimate of drug-likeness (QED) is 0.461. The summed E-state index contributed by atoms with van der Waals surface area (Å²) in [6.07, 6.45) is 4.15. The lowest BCUT2D eigenvalue weighted by Crippen LogP contribution is -2.49. The summed E-state index contributed by atoms with van der Waals surface area (Å²) in [4.78, 5) is 35.8. The number of carbonyl (C=O) groups is 2. The molecule has 10 heteroatoms. The van der Waals surface area contributed by atoms with Gasteiger partial charge in [-0.15, -0.1) is 0 Å². The van der Waals surface area contributed by atoms with Crippen LogP contribution in [0, 0.1) is 0 Å². The number of methoxy groups -OCH3 is 2. The van der Waals surface area contributed by atoms with E-state index in [1.165, 1.54) is 14.2 Å². The predicted octanol–water partition coefficient (Wildman–Crippen LogP) is 2.95. The summed E-state index contributed by atoms with van der Waals surface area (Å²) in [6, 6.07) is 13.1. The van der Waals surface area contributed by atoms with Gasteiger partial charge in [0.15, 0.2) is 11.5 Å². The highest BCUT2D eigenvalue weighted by atomic mass is 16.6. The lowest BCUT2D eigenvalue weighted by Gasteiger charge is -2.35. The van der Waals surface area contributed by atoms with Crippen LogP contribution >= 0.6 is 0 Å². The smallest absolute Gasteiger partial charge is 0.251 e. The van der Waals surface area contributed by atoms with Gasteiger partial charge in [0, 0.05) is 51.3 Å². The van der Waals surface area contributed by atoms with Crippen LogP contribution < -0.4 is 19.5 Å². The number of hydrogen-bond acceptors (Lipinski definition) is 8. The van der Waals surface area contributed by atoms with Crippen molar-refractivity contribution in [2.24, 2.45) is 5.16 Å². The second kappa shape index (κ2) is 14.4. The summed E-state index contributed by atoms with van der Waals surface area (Å²) in [6.45, 7) is 4.50. The number of nitrogens with one attached hydrogen (secondary N) is 1. The van der Waals surface area contributed by atoms with E-state index in [0.29, 0.717) is 42.5 Å². The van der Waals surface area contributed by atoms with Crippen LogP contribution in [-0.2, 0) is 9.63 Å². The minimum absolute atomic E-state index is 0.0423. The fraction of sp³-hybridized carbons (Fsp3) is 0.483. The molecule has 4 bridgehead atoms. The van der Waals surface area contributed by atoms with Crippen LogP contribution in [0.2, 0.25) is 0 Å². The highest BCUT2D eigenvalue weighted by Gasteiger charge is 2.23. The molecule has 3 aliphatic heterocycles. The molecule has 39 heavy (non-hydrogen) atoms. The van der Waals surface area contributed by atoms with Gasteiger partial charge in [-0.2, -0.15) is 0 Å². The van der Waals surface area contributed by atoms with E-state index in [2.05, 4.69) is 15.4 Å². The number of rotatable bonds is 5. The van der Waals surface area contributed by atoms with E-state index in [1.54, 1.807) is 18.3 Å². The van der Waals surface area contributed by atoms with Crippen LogP contribution in [0.25, 0.3) is 0 Å². The topological polar surface area (TPSA) is 102 Å². The maximum Gasteiger partial charge on any atom is 0.251 e. The van der Waals surface area contributed by atoms with Gasteiger partial charge in [-0.25, -0.2) is 0 Å². The fourth-order valence-electron chi connectivity index (χ4n) is 4.72. The Morgan fingerprint density at radius 1 is 1.00 bits per heavy atom. The minimum Gasteiger partial charge on any atom is -0.493 e. The Morgan fingerprint density at radius 2 is 1.79 bits per heavy atom. The van der Waals surface area contributed by atoms with Gasteiger partial charge in [0.2, 0.25) is 11.7 Å². The molecule has 1 unspecified atom stereocenters. The molecule has 1 atom stereocenters. The zero-order valence-corrected chi connectivity index (χ0v) is 22.8. The number of fused-ring (bicyclic) bond motifs is 12. The SMILES string of the molecule is COc1cc2cc(c1OC)OCCCC(O/N=C/c1ccccc1)CCN1CCN(CC1)C(=O)CCNC2=O. The molecule has 1 N–H and O–H groups in total. The van der Waals surface area contributed by atoms with E-state index in [1.807, 2.05) is 35.2 Å². The average Bonchev–Trinajstić information content (AvgIpc) is 2.97. The number of oxime groups is 1. The number of ether oxygens (including phenoxy) is 3. The van der Waals surface area contributed by atoms with Crippen molar-refractivity contribution in [3.63, 3.8) is 0 Å². The van der Waals surface area contributed by atoms with Crippen LogP contribution in [0.15, 0.2) is 47.6 Å². The molecule has 0 saturated carbocycles. The highest BCUT2D eigenvalue weighted by Crippen LogP contribution is 2.38. The lowest BCUT2D eigenvalue weighted by molar-refractivity contribution is -0.132. The van der Waals surface area contributed by atoms with E-state index < -0.39 is 0 Å². The van der Waals surface area contributed by atoms with Crippen LogP contribution in [0.1, 0.15) is 41.6 Å². The Hall–Kier alpha value is -3.79. The van der Waals surface area contributed by atoms with Gasteiger partial charge >= 0.3 is 0 Å². The van der Waals surface area contributed by atoms with E-state index in [0.717, 1.165) is 44.5 Å². The van der Waals surface area contributed by atoms with Crippen molar-refractivity contribution in [2.45, 2.75) is 31.8 Å². The number of amides is 2. The largest absolute Gasteiger partial charge is 0.493 e. The van der Waals surface area contributed by atoms with E-state index >= 15 is 0 Å². The number of carbonyl (C=O) groups excluding carboxylic acids is 2. The molecule has 3 heterocycles. The van der Waals surface area contributed by atoms with Crippen molar-refractivity contribution in [1.82, 2.24) is 15.1 Å². The van der Waals surface area contributed by atoms with Gasteiger partial charge < -0.3 is 29.3 Å². The molecule has 0 aromatic heterocycles. The Kier molecular flexibility index (Phi) is 10.4. The molecule has 0 spiro atoms. The molecule has 0 aliphatic carbocycles.